The molecule has 2 N–H and O–H groups in total. The Balaban J connectivity index is 1.29. The SMILES string of the molecule is O=C1N[C@H](C(=O)NCCCCCCC2CCCCC2)c2ccccc21. The van der Waals surface area contributed by atoms with E-state index in [4.69, 9.17) is 0 Å². The van der Waals surface area contributed by atoms with E-state index >= 15 is 0 Å². The van der Waals surface area contributed by atoms with Crippen LogP contribution in [-0.2, 0) is 4.79 Å². The quantitative estimate of drug-likeness (QED) is 0.698. The molecule has 0 unspecified atom stereocenters. The molecule has 4 nitrogen and oxygen atoms in total. The van der Waals surface area contributed by atoms with Gasteiger partial charge in [0, 0.05) is 12.1 Å². The first-order valence-electron chi connectivity index (χ1n) is 9.93. The van der Waals surface area contributed by atoms with Crippen LogP contribution in [0, 0.1) is 5.92 Å². The van der Waals surface area contributed by atoms with Crippen LogP contribution in [0.2, 0.25) is 0 Å². The Kier molecular flexibility index (Phi) is 6.48. The normalized spacial score (nSPS) is 20.2. The standard InChI is InChI=1S/C21H30N2O2/c24-20-18-14-8-7-13-17(18)19(23-20)21(25)22-15-9-2-1-4-10-16-11-5-3-6-12-16/h7-8,13-14,16,19H,1-6,9-12,15H2,(H,22,25)(H,23,24)/t19-/m0/s1. The van der Waals surface area contributed by atoms with Gasteiger partial charge in [0.15, 0.2) is 0 Å². The molecule has 1 aromatic carbocycles. The van der Waals surface area contributed by atoms with Gasteiger partial charge in [-0.05, 0) is 24.0 Å². The van der Waals surface area contributed by atoms with E-state index in [1.165, 1.54) is 57.8 Å². The number of unbranched alkanes of at least 4 members (excludes halogenated alkanes) is 3. The molecule has 0 aromatic heterocycles. The number of hydrogen-bond acceptors (Lipinski definition) is 2. The highest BCUT2D eigenvalue weighted by Crippen LogP contribution is 2.28. The summed E-state index contributed by atoms with van der Waals surface area (Å²) in [6.07, 6.45) is 13.3. The van der Waals surface area contributed by atoms with Crippen molar-refractivity contribution in [3.63, 3.8) is 0 Å². The molecule has 0 spiro atoms. The van der Waals surface area contributed by atoms with E-state index in [9.17, 15) is 9.59 Å². The molecule has 0 bridgehead atoms. The molecular weight excluding hydrogens is 312 g/mol. The van der Waals surface area contributed by atoms with Crippen molar-refractivity contribution in [3.05, 3.63) is 35.4 Å². The highest BCUT2D eigenvalue weighted by atomic mass is 16.2. The van der Waals surface area contributed by atoms with Crippen molar-refractivity contribution in [2.45, 2.75) is 70.3 Å². The lowest BCUT2D eigenvalue weighted by Gasteiger charge is -2.21. The Hall–Kier alpha value is -1.84. The van der Waals surface area contributed by atoms with Crippen LogP contribution in [0.25, 0.3) is 0 Å². The number of carbonyl (C=O) groups is 2. The maximum absolute atomic E-state index is 12.3. The molecule has 2 amide bonds. The van der Waals surface area contributed by atoms with Crippen molar-refractivity contribution in [2.75, 3.05) is 6.54 Å². The zero-order valence-corrected chi connectivity index (χ0v) is 15.1. The largest absolute Gasteiger partial charge is 0.354 e. The van der Waals surface area contributed by atoms with Gasteiger partial charge in [0.25, 0.3) is 5.91 Å². The van der Waals surface area contributed by atoms with Gasteiger partial charge in [-0.3, -0.25) is 9.59 Å². The fourth-order valence-corrected chi connectivity index (χ4v) is 4.15. The van der Waals surface area contributed by atoms with Crippen LogP contribution in [0.4, 0.5) is 0 Å². The molecule has 4 heteroatoms. The number of hydrogen-bond donors (Lipinski definition) is 2. The van der Waals surface area contributed by atoms with E-state index in [2.05, 4.69) is 10.6 Å². The second-order valence-electron chi connectivity index (χ2n) is 7.49. The minimum absolute atomic E-state index is 0.0968. The van der Waals surface area contributed by atoms with Crippen LogP contribution in [-0.4, -0.2) is 18.4 Å². The van der Waals surface area contributed by atoms with Crippen LogP contribution in [0.1, 0.15) is 86.2 Å². The van der Waals surface area contributed by atoms with Gasteiger partial charge in [-0.2, -0.15) is 0 Å². The molecule has 1 fully saturated rings. The summed E-state index contributed by atoms with van der Waals surface area (Å²) in [5, 5.41) is 5.74. The first-order chi connectivity index (χ1) is 12.3. The summed E-state index contributed by atoms with van der Waals surface area (Å²) in [5.74, 6) is 0.721. The van der Waals surface area contributed by atoms with Gasteiger partial charge in [-0.1, -0.05) is 76.0 Å². The predicted molar refractivity (Wildman–Crippen MR) is 99.3 cm³/mol. The third-order valence-corrected chi connectivity index (χ3v) is 5.62. The average molecular weight is 342 g/mol. The summed E-state index contributed by atoms with van der Waals surface area (Å²) >= 11 is 0. The van der Waals surface area contributed by atoms with Gasteiger partial charge in [-0.15, -0.1) is 0 Å². The maximum atomic E-state index is 12.3. The Morgan fingerprint density at radius 1 is 1.04 bits per heavy atom. The minimum atomic E-state index is -0.532. The average Bonchev–Trinajstić information content (AvgIpc) is 2.99. The molecule has 2 aliphatic rings. The Bertz CT molecular complexity index is 593. The van der Waals surface area contributed by atoms with Crippen LogP contribution < -0.4 is 10.6 Å². The summed E-state index contributed by atoms with van der Waals surface area (Å²) in [6.45, 7) is 0.691. The molecule has 1 aliphatic carbocycles. The number of amides is 2. The summed E-state index contributed by atoms with van der Waals surface area (Å²) in [4.78, 5) is 24.2. The lowest BCUT2D eigenvalue weighted by atomic mass is 9.85. The number of fused-ring (bicyclic) bond motifs is 1. The van der Waals surface area contributed by atoms with Gasteiger partial charge < -0.3 is 10.6 Å². The van der Waals surface area contributed by atoms with Crippen LogP contribution in [0.15, 0.2) is 24.3 Å². The van der Waals surface area contributed by atoms with E-state index in [0.717, 1.165) is 17.9 Å². The summed E-state index contributed by atoms with van der Waals surface area (Å²) < 4.78 is 0. The van der Waals surface area contributed by atoms with E-state index in [1.54, 1.807) is 6.07 Å². The third kappa shape index (κ3) is 4.83. The van der Waals surface area contributed by atoms with E-state index in [1.807, 2.05) is 18.2 Å². The fourth-order valence-electron chi connectivity index (χ4n) is 4.15. The molecule has 0 saturated heterocycles. The molecule has 25 heavy (non-hydrogen) atoms. The van der Waals surface area contributed by atoms with Crippen molar-refractivity contribution in [1.29, 1.82) is 0 Å². The second kappa shape index (κ2) is 9.02. The maximum Gasteiger partial charge on any atom is 0.252 e. The van der Waals surface area contributed by atoms with Crippen molar-refractivity contribution in [3.8, 4) is 0 Å². The second-order valence-corrected chi connectivity index (χ2v) is 7.49. The number of benzene rings is 1. The Morgan fingerprint density at radius 2 is 1.80 bits per heavy atom. The molecule has 1 atom stereocenters. The van der Waals surface area contributed by atoms with Crippen molar-refractivity contribution in [2.24, 2.45) is 5.92 Å². The van der Waals surface area contributed by atoms with E-state index < -0.39 is 6.04 Å². The zero-order valence-electron chi connectivity index (χ0n) is 15.1. The van der Waals surface area contributed by atoms with Crippen LogP contribution >= 0.6 is 0 Å². The first-order valence-corrected chi connectivity index (χ1v) is 9.93. The van der Waals surface area contributed by atoms with E-state index in [0.29, 0.717) is 12.1 Å². The van der Waals surface area contributed by atoms with Gasteiger partial charge in [0.1, 0.15) is 6.04 Å². The van der Waals surface area contributed by atoms with Crippen LogP contribution in [0.5, 0.6) is 0 Å². The fraction of sp³-hybridized carbons (Fsp3) is 0.619. The molecule has 1 heterocycles. The summed E-state index contributed by atoms with van der Waals surface area (Å²) in [5.41, 5.74) is 1.41. The Labute approximate surface area is 150 Å². The van der Waals surface area contributed by atoms with Crippen molar-refractivity contribution in [1.82, 2.24) is 10.6 Å². The van der Waals surface area contributed by atoms with Gasteiger partial charge in [0.05, 0.1) is 0 Å². The summed E-state index contributed by atoms with van der Waals surface area (Å²) in [7, 11) is 0. The highest BCUT2D eigenvalue weighted by Gasteiger charge is 2.32. The van der Waals surface area contributed by atoms with Gasteiger partial charge in [-0.25, -0.2) is 0 Å². The highest BCUT2D eigenvalue weighted by molar-refractivity contribution is 6.04. The molecule has 0 radical (unpaired) electrons. The number of rotatable bonds is 8. The lowest BCUT2D eigenvalue weighted by Crippen LogP contribution is -2.36. The third-order valence-electron chi connectivity index (χ3n) is 5.62. The molecular formula is C21H30N2O2. The smallest absolute Gasteiger partial charge is 0.252 e. The number of nitrogens with one attached hydrogen (secondary N) is 2. The van der Waals surface area contributed by atoms with Crippen molar-refractivity contribution >= 4 is 11.8 Å². The Morgan fingerprint density at radius 3 is 2.64 bits per heavy atom. The van der Waals surface area contributed by atoms with Gasteiger partial charge >= 0.3 is 0 Å². The first kappa shape index (κ1) is 18.0. The summed E-state index contributed by atoms with van der Waals surface area (Å²) in [6, 6.07) is 6.78. The zero-order chi connectivity index (χ0) is 17.5. The molecule has 136 valence electrons. The molecule has 1 aliphatic heterocycles. The molecule has 3 rings (SSSR count). The lowest BCUT2D eigenvalue weighted by molar-refractivity contribution is -0.122. The molecule has 1 aromatic rings. The minimum Gasteiger partial charge on any atom is -0.354 e. The number of carbonyl (C=O) groups excluding carboxylic acids is 2. The topological polar surface area (TPSA) is 58.2 Å². The predicted octanol–water partition coefficient (Wildman–Crippen LogP) is 4.12. The van der Waals surface area contributed by atoms with Gasteiger partial charge in [0.2, 0.25) is 5.91 Å². The molecule has 1 saturated carbocycles. The van der Waals surface area contributed by atoms with Crippen LogP contribution in [0.3, 0.4) is 0 Å². The van der Waals surface area contributed by atoms with E-state index in [-0.39, 0.29) is 11.8 Å². The monoisotopic (exact) mass is 342 g/mol. The van der Waals surface area contributed by atoms with Crippen molar-refractivity contribution < 1.29 is 9.59 Å².